The smallest absolute Gasteiger partial charge is 0.105 e. The number of rotatable bonds is 4. The van der Waals surface area contributed by atoms with Crippen molar-refractivity contribution in [2.45, 2.75) is 20.0 Å². The van der Waals surface area contributed by atoms with Crippen LogP contribution in [0.25, 0.3) is 22.2 Å². The first-order chi connectivity index (χ1) is 11.3. The summed E-state index contributed by atoms with van der Waals surface area (Å²) in [4.78, 5) is 8.54. The monoisotopic (exact) mass is 303 g/mol. The van der Waals surface area contributed by atoms with E-state index >= 15 is 0 Å². The Hall–Kier alpha value is -2.95. The average molecular weight is 303 g/mol. The number of pyridine rings is 1. The van der Waals surface area contributed by atoms with E-state index in [9.17, 15) is 0 Å². The Balaban J connectivity index is 1.74. The fraction of sp³-hybridized carbons (Fsp3) is 0.167. The number of hydrogen-bond donors (Lipinski definition) is 0. The highest BCUT2D eigenvalue weighted by atomic mass is 15.3. The summed E-state index contributed by atoms with van der Waals surface area (Å²) < 4.78 is 4.19. The predicted octanol–water partition coefficient (Wildman–Crippen LogP) is 3.30. The Morgan fingerprint density at radius 3 is 2.65 bits per heavy atom. The third kappa shape index (κ3) is 2.50. The highest BCUT2D eigenvalue weighted by molar-refractivity contribution is 5.92. The molecule has 0 N–H and O–H groups in total. The average Bonchev–Trinajstić information content (AvgIpc) is 3.17. The second-order valence-electron chi connectivity index (χ2n) is 5.50. The SMILES string of the molecule is Cc1nccn1CCn1nc(-c2ccccc2)c2cnccc21. The van der Waals surface area contributed by atoms with Crippen molar-refractivity contribution in [3.05, 3.63) is 67.0 Å². The Kier molecular flexibility index (Phi) is 3.38. The quantitative estimate of drug-likeness (QED) is 0.581. The second-order valence-corrected chi connectivity index (χ2v) is 5.50. The van der Waals surface area contributed by atoms with Gasteiger partial charge in [-0.2, -0.15) is 5.10 Å². The maximum absolute atomic E-state index is 4.83. The molecule has 1 aromatic carbocycles. The third-order valence-electron chi connectivity index (χ3n) is 4.08. The minimum absolute atomic E-state index is 0.796. The minimum atomic E-state index is 0.796. The van der Waals surface area contributed by atoms with Crippen molar-refractivity contribution in [3.63, 3.8) is 0 Å². The van der Waals surface area contributed by atoms with Gasteiger partial charge in [-0.1, -0.05) is 30.3 Å². The molecule has 0 aliphatic carbocycles. The van der Waals surface area contributed by atoms with E-state index in [0.29, 0.717) is 0 Å². The molecule has 0 amide bonds. The summed E-state index contributed by atoms with van der Waals surface area (Å²) in [5.41, 5.74) is 3.20. The molecule has 0 saturated carbocycles. The van der Waals surface area contributed by atoms with Crippen LogP contribution in [0.1, 0.15) is 5.82 Å². The first-order valence-corrected chi connectivity index (χ1v) is 7.66. The molecule has 0 aliphatic heterocycles. The molecule has 4 rings (SSSR count). The van der Waals surface area contributed by atoms with Gasteiger partial charge in [-0.25, -0.2) is 4.98 Å². The molecular weight excluding hydrogens is 286 g/mol. The van der Waals surface area contributed by atoms with Crippen LogP contribution in [0, 0.1) is 6.92 Å². The van der Waals surface area contributed by atoms with Crippen molar-refractivity contribution in [2.75, 3.05) is 0 Å². The van der Waals surface area contributed by atoms with Gasteiger partial charge in [-0.15, -0.1) is 0 Å². The van der Waals surface area contributed by atoms with Crippen molar-refractivity contribution in [2.24, 2.45) is 0 Å². The van der Waals surface area contributed by atoms with E-state index in [4.69, 9.17) is 5.10 Å². The molecule has 0 bridgehead atoms. The molecule has 3 aromatic heterocycles. The summed E-state index contributed by atoms with van der Waals surface area (Å²) >= 11 is 0. The minimum Gasteiger partial charge on any atom is -0.333 e. The number of imidazole rings is 1. The van der Waals surface area contributed by atoms with Gasteiger partial charge in [0.15, 0.2) is 0 Å². The lowest BCUT2D eigenvalue weighted by Crippen LogP contribution is -2.09. The van der Waals surface area contributed by atoms with E-state index in [1.165, 1.54) is 0 Å². The van der Waals surface area contributed by atoms with Gasteiger partial charge in [0.25, 0.3) is 0 Å². The second kappa shape index (κ2) is 5.68. The lowest BCUT2D eigenvalue weighted by molar-refractivity contribution is 0.539. The highest BCUT2D eigenvalue weighted by Gasteiger charge is 2.12. The van der Waals surface area contributed by atoms with Crippen molar-refractivity contribution in [1.82, 2.24) is 24.3 Å². The van der Waals surface area contributed by atoms with Crippen LogP contribution in [-0.2, 0) is 13.1 Å². The Labute approximate surface area is 134 Å². The van der Waals surface area contributed by atoms with Crippen LogP contribution in [0.15, 0.2) is 61.2 Å². The molecule has 3 heterocycles. The molecule has 0 saturated heterocycles. The van der Waals surface area contributed by atoms with E-state index in [1.54, 1.807) is 0 Å². The Morgan fingerprint density at radius 1 is 1.00 bits per heavy atom. The van der Waals surface area contributed by atoms with E-state index in [0.717, 1.165) is 41.1 Å². The van der Waals surface area contributed by atoms with Crippen LogP contribution in [0.3, 0.4) is 0 Å². The molecule has 4 aromatic rings. The normalized spacial score (nSPS) is 11.2. The molecule has 0 unspecified atom stereocenters. The van der Waals surface area contributed by atoms with Crippen LogP contribution in [-0.4, -0.2) is 24.3 Å². The van der Waals surface area contributed by atoms with Gasteiger partial charge < -0.3 is 4.57 Å². The highest BCUT2D eigenvalue weighted by Crippen LogP contribution is 2.27. The molecule has 0 radical (unpaired) electrons. The summed E-state index contributed by atoms with van der Waals surface area (Å²) in [6.07, 6.45) is 7.54. The van der Waals surface area contributed by atoms with E-state index in [-0.39, 0.29) is 0 Å². The zero-order valence-corrected chi connectivity index (χ0v) is 12.9. The van der Waals surface area contributed by atoms with Crippen LogP contribution in [0.2, 0.25) is 0 Å². The summed E-state index contributed by atoms with van der Waals surface area (Å²) in [6.45, 7) is 3.66. The zero-order chi connectivity index (χ0) is 15.6. The summed E-state index contributed by atoms with van der Waals surface area (Å²) in [7, 11) is 0. The molecule has 0 spiro atoms. The first-order valence-electron chi connectivity index (χ1n) is 7.66. The van der Waals surface area contributed by atoms with Gasteiger partial charge in [0.05, 0.1) is 12.1 Å². The number of aryl methyl sites for hydroxylation is 3. The van der Waals surface area contributed by atoms with E-state index in [1.807, 2.05) is 56.0 Å². The zero-order valence-electron chi connectivity index (χ0n) is 12.9. The first kappa shape index (κ1) is 13.7. The van der Waals surface area contributed by atoms with Gasteiger partial charge in [0, 0.05) is 42.3 Å². The molecule has 0 aliphatic rings. The number of aromatic nitrogens is 5. The van der Waals surface area contributed by atoms with E-state index < -0.39 is 0 Å². The fourth-order valence-electron chi connectivity index (χ4n) is 2.85. The largest absolute Gasteiger partial charge is 0.333 e. The van der Waals surface area contributed by atoms with Crippen molar-refractivity contribution < 1.29 is 0 Å². The molecular formula is C18H17N5. The number of benzene rings is 1. The van der Waals surface area contributed by atoms with Gasteiger partial charge in [-0.3, -0.25) is 9.67 Å². The van der Waals surface area contributed by atoms with Crippen LogP contribution >= 0.6 is 0 Å². The summed E-state index contributed by atoms with van der Waals surface area (Å²) in [5.74, 6) is 1.02. The number of fused-ring (bicyclic) bond motifs is 1. The van der Waals surface area contributed by atoms with Crippen molar-refractivity contribution in [1.29, 1.82) is 0 Å². The van der Waals surface area contributed by atoms with Crippen LogP contribution < -0.4 is 0 Å². The fourth-order valence-corrected chi connectivity index (χ4v) is 2.85. The third-order valence-corrected chi connectivity index (χ3v) is 4.08. The summed E-state index contributed by atoms with van der Waals surface area (Å²) in [5, 5.41) is 5.92. The molecule has 5 nitrogen and oxygen atoms in total. The van der Waals surface area contributed by atoms with Gasteiger partial charge in [-0.05, 0) is 13.0 Å². The topological polar surface area (TPSA) is 48.5 Å². The van der Waals surface area contributed by atoms with Crippen LogP contribution in [0.5, 0.6) is 0 Å². The molecule has 114 valence electrons. The number of nitrogens with zero attached hydrogens (tertiary/aromatic N) is 5. The molecule has 23 heavy (non-hydrogen) atoms. The van der Waals surface area contributed by atoms with Gasteiger partial charge >= 0.3 is 0 Å². The standard InChI is InChI=1S/C18H17N5/c1-14-20-9-10-22(14)11-12-23-17-7-8-19-13-16(17)18(21-23)15-5-3-2-4-6-15/h2-10,13H,11-12H2,1H3. The van der Waals surface area contributed by atoms with E-state index in [2.05, 4.69) is 31.3 Å². The lowest BCUT2D eigenvalue weighted by Gasteiger charge is -2.06. The van der Waals surface area contributed by atoms with Crippen molar-refractivity contribution in [3.8, 4) is 11.3 Å². The maximum Gasteiger partial charge on any atom is 0.105 e. The lowest BCUT2D eigenvalue weighted by atomic mass is 10.1. The summed E-state index contributed by atoms with van der Waals surface area (Å²) in [6, 6.07) is 12.3. The van der Waals surface area contributed by atoms with Crippen molar-refractivity contribution >= 4 is 10.9 Å². The maximum atomic E-state index is 4.83. The molecule has 0 fully saturated rings. The van der Waals surface area contributed by atoms with Gasteiger partial charge in [0.1, 0.15) is 11.5 Å². The predicted molar refractivity (Wildman–Crippen MR) is 89.9 cm³/mol. The van der Waals surface area contributed by atoms with Gasteiger partial charge in [0.2, 0.25) is 0 Å². The molecule has 5 heteroatoms. The Bertz CT molecular complexity index is 936. The number of hydrogen-bond acceptors (Lipinski definition) is 3. The molecule has 0 atom stereocenters. The Morgan fingerprint density at radius 2 is 1.87 bits per heavy atom. The van der Waals surface area contributed by atoms with Crippen LogP contribution in [0.4, 0.5) is 0 Å².